The number of fused-ring (bicyclic) bond motifs is 1. The van der Waals surface area contributed by atoms with Crippen molar-refractivity contribution in [3.8, 4) is 0 Å². The first-order valence-corrected chi connectivity index (χ1v) is 11.7. The standard InChI is InChI=1S/C20H21ClN4OS2/c1-27-20-23-17(25-9-5-2-6-10-25)14-11-16(28-19(14)24-20)18(26)22-12-13-7-3-4-8-15(13)21/h3-4,7-8,11H,2,5-6,9-10,12H2,1H3,(H,22,26). The minimum absolute atomic E-state index is 0.113. The summed E-state index contributed by atoms with van der Waals surface area (Å²) in [5.74, 6) is 0.841. The maximum absolute atomic E-state index is 12.7. The highest BCUT2D eigenvalue weighted by molar-refractivity contribution is 7.98. The van der Waals surface area contributed by atoms with Crippen molar-refractivity contribution in [2.24, 2.45) is 0 Å². The summed E-state index contributed by atoms with van der Waals surface area (Å²) in [6.45, 7) is 2.40. The molecule has 3 heterocycles. The Bertz CT molecular complexity index is 1000. The fourth-order valence-electron chi connectivity index (χ4n) is 3.34. The van der Waals surface area contributed by atoms with E-state index in [1.54, 1.807) is 0 Å². The van der Waals surface area contributed by atoms with E-state index in [-0.39, 0.29) is 5.91 Å². The maximum atomic E-state index is 12.7. The van der Waals surface area contributed by atoms with Gasteiger partial charge in [0.1, 0.15) is 10.6 Å². The number of aromatic nitrogens is 2. The number of anilines is 1. The lowest BCUT2D eigenvalue weighted by Crippen LogP contribution is -2.30. The van der Waals surface area contributed by atoms with Crippen LogP contribution in [0, 0.1) is 0 Å². The molecule has 2 aromatic heterocycles. The van der Waals surface area contributed by atoms with Crippen LogP contribution in [0.4, 0.5) is 5.82 Å². The monoisotopic (exact) mass is 432 g/mol. The fourth-order valence-corrected chi connectivity index (χ4v) is 4.90. The number of nitrogens with one attached hydrogen (secondary N) is 1. The molecular weight excluding hydrogens is 412 g/mol. The molecule has 0 bridgehead atoms. The van der Waals surface area contributed by atoms with Crippen molar-refractivity contribution in [2.75, 3.05) is 24.2 Å². The largest absolute Gasteiger partial charge is 0.356 e. The molecule has 1 N–H and O–H groups in total. The molecule has 146 valence electrons. The third-order valence-corrected chi connectivity index (χ3v) is 6.76. The molecule has 0 unspecified atom stereocenters. The molecule has 0 saturated carbocycles. The van der Waals surface area contributed by atoms with Crippen molar-refractivity contribution in [3.05, 3.63) is 45.8 Å². The summed E-state index contributed by atoms with van der Waals surface area (Å²) in [5.41, 5.74) is 0.900. The first kappa shape index (κ1) is 19.5. The third-order valence-electron chi connectivity index (χ3n) is 4.81. The van der Waals surface area contributed by atoms with Crippen LogP contribution in [0.5, 0.6) is 0 Å². The quantitative estimate of drug-likeness (QED) is 0.454. The van der Waals surface area contributed by atoms with Gasteiger partial charge in [-0.2, -0.15) is 0 Å². The lowest BCUT2D eigenvalue weighted by Gasteiger charge is -2.28. The second kappa shape index (κ2) is 8.68. The van der Waals surface area contributed by atoms with E-state index in [9.17, 15) is 4.79 Å². The van der Waals surface area contributed by atoms with Gasteiger partial charge in [-0.3, -0.25) is 4.79 Å². The number of piperidine rings is 1. The highest BCUT2D eigenvalue weighted by Gasteiger charge is 2.20. The normalized spacial score (nSPS) is 14.4. The zero-order valence-corrected chi connectivity index (χ0v) is 18.0. The average Bonchev–Trinajstić information content (AvgIpc) is 3.17. The number of halogens is 1. The van der Waals surface area contributed by atoms with Crippen LogP contribution in [-0.4, -0.2) is 35.2 Å². The number of amides is 1. The van der Waals surface area contributed by atoms with Gasteiger partial charge in [-0.15, -0.1) is 11.3 Å². The molecule has 1 aliphatic heterocycles. The molecule has 0 spiro atoms. The molecule has 8 heteroatoms. The summed E-state index contributed by atoms with van der Waals surface area (Å²) < 4.78 is 0. The summed E-state index contributed by atoms with van der Waals surface area (Å²) in [5, 5.41) is 5.33. The summed E-state index contributed by atoms with van der Waals surface area (Å²) >= 11 is 9.13. The number of rotatable bonds is 5. The molecule has 28 heavy (non-hydrogen) atoms. The van der Waals surface area contributed by atoms with Crippen molar-refractivity contribution >= 4 is 56.6 Å². The van der Waals surface area contributed by atoms with Gasteiger partial charge in [0.25, 0.3) is 5.91 Å². The Morgan fingerprint density at radius 3 is 2.79 bits per heavy atom. The van der Waals surface area contributed by atoms with Crippen molar-refractivity contribution < 1.29 is 4.79 Å². The van der Waals surface area contributed by atoms with Crippen molar-refractivity contribution in [3.63, 3.8) is 0 Å². The van der Waals surface area contributed by atoms with E-state index >= 15 is 0 Å². The molecule has 0 aliphatic carbocycles. The van der Waals surface area contributed by atoms with Crippen LogP contribution in [0.2, 0.25) is 5.02 Å². The third kappa shape index (κ3) is 4.11. The van der Waals surface area contributed by atoms with Crippen LogP contribution in [0.15, 0.2) is 35.5 Å². The Labute approximate surface area is 177 Å². The summed E-state index contributed by atoms with van der Waals surface area (Å²) in [6, 6.07) is 9.46. The highest BCUT2D eigenvalue weighted by Crippen LogP contribution is 2.34. The number of hydrogen-bond donors (Lipinski definition) is 1. The molecule has 1 fully saturated rings. The second-order valence-corrected chi connectivity index (χ2v) is 8.90. The minimum Gasteiger partial charge on any atom is -0.356 e. The molecule has 3 aromatic rings. The molecule has 0 atom stereocenters. The predicted octanol–water partition coefficient (Wildman–Crippen LogP) is 4.99. The van der Waals surface area contributed by atoms with E-state index in [2.05, 4.69) is 15.2 Å². The molecular formula is C20H21ClN4OS2. The van der Waals surface area contributed by atoms with Gasteiger partial charge in [0.05, 0.1) is 10.3 Å². The Hall–Kier alpha value is -1.83. The Morgan fingerprint density at radius 1 is 1.25 bits per heavy atom. The highest BCUT2D eigenvalue weighted by atomic mass is 35.5. The topological polar surface area (TPSA) is 58.1 Å². The summed E-state index contributed by atoms with van der Waals surface area (Å²) in [7, 11) is 0. The van der Waals surface area contributed by atoms with Crippen molar-refractivity contribution in [2.45, 2.75) is 31.0 Å². The van der Waals surface area contributed by atoms with Gasteiger partial charge in [-0.05, 0) is 43.2 Å². The van der Waals surface area contributed by atoms with Gasteiger partial charge in [0.2, 0.25) is 0 Å². The number of hydrogen-bond acceptors (Lipinski definition) is 6. The first-order valence-electron chi connectivity index (χ1n) is 9.28. The Balaban J connectivity index is 1.61. The Kier molecular flexibility index (Phi) is 6.04. The van der Waals surface area contributed by atoms with E-state index in [0.717, 1.165) is 39.8 Å². The van der Waals surface area contributed by atoms with Gasteiger partial charge in [-0.1, -0.05) is 41.6 Å². The summed E-state index contributed by atoms with van der Waals surface area (Å²) in [4.78, 5) is 25.9. The molecule has 5 nitrogen and oxygen atoms in total. The maximum Gasteiger partial charge on any atom is 0.261 e. The molecule has 0 radical (unpaired) electrons. The van der Waals surface area contributed by atoms with Crippen LogP contribution in [0.1, 0.15) is 34.5 Å². The van der Waals surface area contributed by atoms with Crippen LogP contribution in [-0.2, 0) is 6.54 Å². The van der Waals surface area contributed by atoms with Crippen molar-refractivity contribution in [1.82, 2.24) is 15.3 Å². The average molecular weight is 433 g/mol. The van der Waals surface area contributed by atoms with Gasteiger partial charge in [-0.25, -0.2) is 9.97 Å². The van der Waals surface area contributed by atoms with E-state index in [4.69, 9.17) is 16.6 Å². The zero-order chi connectivity index (χ0) is 19.5. The second-order valence-electron chi connectivity index (χ2n) is 6.69. The molecule has 1 aromatic carbocycles. The van der Waals surface area contributed by atoms with Gasteiger partial charge < -0.3 is 10.2 Å². The summed E-state index contributed by atoms with van der Waals surface area (Å²) in [6.07, 6.45) is 5.59. The zero-order valence-electron chi connectivity index (χ0n) is 15.6. The molecule has 1 aliphatic rings. The minimum atomic E-state index is -0.113. The van der Waals surface area contributed by atoms with Crippen LogP contribution < -0.4 is 10.2 Å². The molecule has 1 amide bonds. The van der Waals surface area contributed by atoms with E-state index in [0.29, 0.717) is 16.4 Å². The van der Waals surface area contributed by atoms with Gasteiger partial charge >= 0.3 is 0 Å². The van der Waals surface area contributed by atoms with Gasteiger partial charge in [0.15, 0.2) is 5.16 Å². The Morgan fingerprint density at radius 2 is 2.04 bits per heavy atom. The van der Waals surface area contributed by atoms with Crippen LogP contribution in [0.25, 0.3) is 10.2 Å². The van der Waals surface area contributed by atoms with E-state index in [1.807, 2.05) is 36.6 Å². The lowest BCUT2D eigenvalue weighted by atomic mass is 10.1. The SMILES string of the molecule is CSc1nc(N2CCCCC2)c2cc(C(=O)NCc3ccccc3Cl)sc2n1. The molecule has 1 saturated heterocycles. The fraction of sp³-hybridized carbons (Fsp3) is 0.350. The lowest BCUT2D eigenvalue weighted by molar-refractivity contribution is 0.0955. The van der Waals surface area contributed by atoms with E-state index < -0.39 is 0 Å². The smallest absolute Gasteiger partial charge is 0.261 e. The number of carbonyl (C=O) groups is 1. The van der Waals surface area contributed by atoms with Crippen LogP contribution in [0.3, 0.4) is 0 Å². The van der Waals surface area contributed by atoms with E-state index in [1.165, 1.54) is 42.4 Å². The number of thioether (sulfide) groups is 1. The van der Waals surface area contributed by atoms with Gasteiger partial charge in [0, 0.05) is 24.7 Å². The van der Waals surface area contributed by atoms with Crippen molar-refractivity contribution in [1.29, 1.82) is 0 Å². The number of nitrogens with zero attached hydrogens (tertiary/aromatic N) is 3. The predicted molar refractivity (Wildman–Crippen MR) is 118 cm³/mol. The number of thiophene rings is 1. The van der Waals surface area contributed by atoms with Crippen LogP contribution >= 0.6 is 34.7 Å². The number of benzene rings is 1. The molecule has 4 rings (SSSR count). The first-order chi connectivity index (χ1) is 13.7. The number of carbonyl (C=O) groups excluding carboxylic acids is 1.